The Morgan fingerprint density at radius 1 is 1.22 bits per heavy atom. The SMILES string of the molecule is CC(C)NC(=O)C1CCCC(NC(=O)CCC2CCNC2)C1.Cl. The summed E-state index contributed by atoms with van der Waals surface area (Å²) in [6.45, 7) is 6.10. The van der Waals surface area contributed by atoms with Gasteiger partial charge in [0.15, 0.2) is 0 Å². The van der Waals surface area contributed by atoms with E-state index in [-0.39, 0.29) is 42.2 Å². The Labute approximate surface area is 146 Å². The van der Waals surface area contributed by atoms with Gasteiger partial charge in [-0.05, 0) is 65.0 Å². The molecule has 0 aromatic heterocycles. The molecule has 5 nitrogen and oxygen atoms in total. The molecule has 1 saturated carbocycles. The predicted molar refractivity (Wildman–Crippen MR) is 94.6 cm³/mol. The molecule has 2 fully saturated rings. The summed E-state index contributed by atoms with van der Waals surface area (Å²) in [6.07, 6.45) is 6.53. The minimum Gasteiger partial charge on any atom is -0.354 e. The third kappa shape index (κ3) is 7.08. The van der Waals surface area contributed by atoms with E-state index in [4.69, 9.17) is 0 Å². The van der Waals surface area contributed by atoms with Crippen LogP contribution in [0.15, 0.2) is 0 Å². The van der Waals surface area contributed by atoms with Gasteiger partial charge in [-0.2, -0.15) is 0 Å². The van der Waals surface area contributed by atoms with Gasteiger partial charge >= 0.3 is 0 Å². The van der Waals surface area contributed by atoms with Crippen LogP contribution in [0.5, 0.6) is 0 Å². The number of nitrogens with one attached hydrogen (secondary N) is 3. The standard InChI is InChI=1S/C17H31N3O2.ClH/c1-12(2)19-17(22)14-4-3-5-15(10-14)20-16(21)7-6-13-8-9-18-11-13;/h12-15,18H,3-11H2,1-2H3,(H,19,22)(H,20,21);1H. The summed E-state index contributed by atoms with van der Waals surface area (Å²) in [5.74, 6) is 1.01. The smallest absolute Gasteiger partial charge is 0.223 e. The highest BCUT2D eigenvalue weighted by molar-refractivity contribution is 5.85. The van der Waals surface area contributed by atoms with Gasteiger partial charge in [-0.1, -0.05) is 6.42 Å². The van der Waals surface area contributed by atoms with Crippen molar-refractivity contribution in [1.82, 2.24) is 16.0 Å². The Balaban J connectivity index is 0.00000264. The molecular formula is C17H32ClN3O2. The molecule has 1 saturated heterocycles. The van der Waals surface area contributed by atoms with E-state index in [1.54, 1.807) is 0 Å². The van der Waals surface area contributed by atoms with Crippen molar-refractivity contribution in [2.45, 2.75) is 70.9 Å². The molecule has 2 rings (SSSR count). The maximum Gasteiger partial charge on any atom is 0.223 e. The van der Waals surface area contributed by atoms with Gasteiger partial charge in [-0.15, -0.1) is 12.4 Å². The van der Waals surface area contributed by atoms with Crippen LogP contribution in [0.2, 0.25) is 0 Å². The molecule has 6 heteroatoms. The first-order chi connectivity index (χ1) is 10.5. The molecule has 1 aliphatic heterocycles. The molecule has 0 aromatic rings. The third-order valence-corrected chi connectivity index (χ3v) is 4.78. The average molecular weight is 346 g/mol. The van der Waals surface area contributed by atoms with E-state index >= 15 is 0 Å². The van der Waals surface area contributed by atoms with E-state index in [1.807, 2.05) is 13.8 Å². The highest BCUT2D eigenvalue weighted by Gasteiger charge is 2.28. The van der Waals surface area contributed by atoms with Gasteiger partial charge in [-0.25, -0.2) is 0 Å². The molecule has 134 valence electrons. The minimum absolute atomic E-state index is 0. The quantitative estimate of drug-likeness (QED) is 0.689. The summed E-state index contributed by atoms with van der Waals surface area (Å²) < 4.78 is 0. The van der Waals surface area contributed by atoms with Gasteiger partial charge in [-0.3, -0.25) is 9.59 Å². The maximum atomic E-state index is 12.1. The van der Waals surface area contributed by atoms with Crippen molar-refractivity contribution < 1.29 is 9.59 Å². The van der Waals surface area contributed by atoms with Crippen LogP contribution in [0, 0.1) is 11.8 Å². The second kappa shape index (κ2) is 10.1. The van der Waals surface area contributed by atoms with Gasteiger partial charge in [0.05, 0.1) is 0 Å². The van der Waals surface area contributed by atoms with Crippen molar-refractivity contribution in [3.05, 3.63) is 0 Å². The highest BCUT2D eigenvalue weighted by Crippen LogP contribution is 2.25. The number of hydrogen-bond acceptors (Lipinski definition) is 3. The average Bonchev–Trinajstić information content (AvgIpc) is 2.98. The summed E-state index contributed by atoms with van der Waals surface area (Å²) in [5.41, 5.74) is 0. The fourth-order valence-corrected chi connectivity index (χ4v) is 3.56. The van der Waals surface area contributed by atoms with E-state index in [1.165, 1.54) is 6.42 Å². The zero-order valence-electron chi connectivity index (χ0n) is 14.4. The summed E-state index contributed by atoms with van der Waals surface area (Å²) in [4.78, 5) is 24.2. The van der Waals surface area contributed by atoms with Crippen LogP contribution in [-0.2, 0) is 9.59 Å². The lowest BCUT2D eigenvalue weighted by Crippen LogP contribution is -2.43. The zero-order valence-corrected chi connectivity index (χ0v) is 15.2. The Morgan fingerprint density at radius 2 is 2.00 bits per heavy atom. The minimum atomic E-state index is 0. The van der Waals surface area contributed by atoms with Gasteiger partial charge in [0, 0.05) is 24.4 Å². The normalized spacial score (nSPS) is 27.3. The molecule has 0 spiro atoms. The second-order valence-electron chi connectivity index (χ2n) is 7.19. The highest BCUT2D eigenvalue weighted by atomic mass is 35.5. The first-order valence-electron chi connectivity index (χ1n) is 8.85. The molecule has 1 heterocycles. The van der Waals surface area contributed by atoms with Crippen LogP contribution in [0.1, 0.15) is 58.8 Å². The van der Waals surface area contributed by atoms with Gasteiger partial charge in [0.2, 0.25) is 11.8 Å². The first-order valence-corrected chi connectivity index (χ1v) is 8.85. The molecule has 2 amide bonds. The Hall–Kier alpha value is -0.810. The van der Waals surface area contributed by atoms with Gasteiger partial charge < -0.3 is 16.0 Å². The summed E-state index contributed by atoms with van der Waals surface area (Å²) in [5, 5.41) is 9.47. The maximum absolute atomic E-state index is 12.1. The first kappa shape index (κ1) is 20.2. The van der Waals surface area contributed by atoms with E-state index < -0.39 is 0 Å². The summed E-state index contributed by atoms with van der Waals surface area (Å²) in [6, 6.07) is 0.355. The fraction of sp³-hybridized carbons (Fsp3) is 0.882. The van der Waals surface area contributed by atoms with Gasteiger partial charge in [0.1, 0.15) is 0 Å². The van der Waals surface area contributed by atoms with Crippen molar-refractivity contribution >= 4 is 24.2 Å². The fourth-order valence-electron chi connectivity index (χ4n) is 3.56. The largest absolute Gasteiger partial charge is 0.354 e. The molecule has 3 N–H and O–H groups in total. The molecule has 2 aliphatic rings. The van der Waals surface area contributed by atoms with Crippen molar-refractivity contribution in [3.63, 3.8) is 0 Å². The Morgan fingerprint density at radius 3 is 2.65 bits per heavy atom. The monoisotopic (exact) mass is 345 g/mol. The number of rotatable bonds is 6. The topological polar surface area (TPSA) is 70.2 Å². The molecule has 0 aromatic carbocycles. The third-order valence-electron chi connectivity index (χ3n) is 4.78. The molecule has 0 bridgehead atoms. The van der Waals surface area contributed by atoms with E-state index in [9.17, 15) is 9.59 Å². The lowest BCUT2D eigenvalue weighted by atomic mass is 9.85. The van der Waals surface area contributed by atoms with E-state index in [0.717, 1.165) is 45.2 Å². The second-order valence-corrected chi connectivity index (χ2v) is 7.19. The van der Waals surface area contributed by atoms with Crippen molar-refractivity contribution in [2.24, 2.45) is 11.8 Å². The molecule has 23 heavy (non-hydrogen) atoms. The van der Waals surface area contributed by atoms with Crippen molar-refractivity contribution in [1.29, 1.82) is 0 Å². The number of carbonyl (C=O) groups excluding carboxylic acids is 2. The number of halogens is 1. The predicted octanol–water partition coefficient (Wildman–Crippen LogP) is 2.00. The number of hydrogen-bond donors (Lipinski definition) is 3. The molecule has 1 aliphatic carbocycles. The molecule has 0 radical (unpaired) electrons. The van der Waals surface area contributed by atoms with Crippen LogP contribution in [-0.4, -0.2) is 37.0 Å². The summed E-state index contributed by atoms with van der Waals surface area (Å²) in [7, 11) is 0. The lowest BCUT2D eigenvalue weighted by molar-refractivity contribution is -0.128. The van der Waals surface area contributed by atoms with Crippen LogP contribution in [0.3, 0.4) is 0 Å². The van der Waals surface area contributed by atoms with Crippen LogP contribution in [0.4, 0.5) is 0 Å². The number of carbonyl (C=O) groups is 2. The van der Waals surface area contributed by atoms with Gasteiger partial charge in [0.25, 0.3) is 0 Å². The Kier molecular flexibility index (Phi) is 8.92. The molecular weight excluding hydrogens is 314 g/mol. The van der Waals surface area contributed by atoms with E-state index in [0.29, 0.717) is 12.3 Å². The van der Waals surface area contributed by atoms with Crippen LogP contribution >= 0.6 is 12.4 Å². The lowest BCUT2D eigenvalue weighted by Gasteiger charge is -2.29. The summed E-state index contributed by atoms with van der Waals surface area (Å²) >= 11 is 0. The van der Waals surface area contributed by atoms with Crippen LogP contribution < -0.4 is 16.0 Å². The van der Waals surface area contributed by atoms with E-state index in [2.05, 4.69) is 16.0 Å². The molecule has 3 atom stereocenters. The van der Waals surface area contributed by atoms with Crippen molar-refractivity contribution in [3.8, 4) is 0 Å². The zero-order chi connectivity index (χ0) is 15.9. The molecule has 3 unspecified atom stereocenters. The van der Waals surface area contributed by atoms with Crippen LogP contribution in [0.25, 0.3) is 0 Å². The van der Waals surface area contributed by atoms with Crippen molar-refractivity contribution in [2.75, 3.05) is 13.1 Å². The number of amides is 2. The Bertz CT molecular complexity index is 384.